The van der Waals surface area contributed by atoms with E-state index in [0.717, 1.165) is 0 Å². The molecule has 0 spiro atoms. The zero-order valence-electron chi connectivity index (χ0n) is 7.45. The van der Waals surface area contributed by atoms with Crippen molar-refractivity contribution in [3.05, 3.63) is 0 Å². The molecule has 16 heavy (non-hydrogen) atoms. The maximum atomic E-state index is 12.6. The molecule has 1 amide bonds. The van der Waals surface area contributed by atoms with E-state index < -0.39 is 37.1 Å². The highest BCUT2D eigenvalue weighted by Crippen LogP contribution is 2.46. The average molecular weight is 257 g/mol. The maximum Gasteiger partial charge on any atom is 0.458 e. The number of halogens is 7. The molecule has 0 aromatic heterocycles. The lowest BCUT2D eigenvalue weighted by molar-refractivity contribution is -0.429. The first kappa shape index (κ1) is 14.9. The summed E-state index contributed by atoms with van der Waals surface area (Å²) in [5.41, 5.74) is 4.44. The summed E-state index contributed by atoms with van der Waals surface area (Å²) in [4.78, 5) is 10.0. The molecule has 0 atom stereocenters. The first-order valence-corrected chi connectivity index (χ1v) is 3.66. The van der Waals surface area contributed by atoms with E-state index in [1.807, 2.05) is 0 Å². The van der Waals surface area contributed by atoms with Crippen LogP contribution in [-0.2, 0) is 9.53 Å². The Morgan fingerprint density at radius 1 is 1.00 bits per heavy atom. The summed E-state index contributed by atoms with van der Waals surface area (Å²) in [6.45, 7) is -1.43. The number of amides is 1. The fraction of sp³-hybridized carbons (Fsp3) is 0.833. The number of nitrogens with two attached hydrogens (primary N) is 1. The third-order valence-corrected chi connectivity index (χ3v) is 1.38. The van der Waals surface area contributed by atoms with E-state index in [4.69, 9.17) is 0 Å². The second kappa shape index (κ2) is 4.44. The van der Waals surface area contributed by atoms with Crippen LogP contribution in [0.15, 0.2) is 0 Å². The number of hydrogen-bond acceptors (Lipinski definition) is 2. The van der Waals surface area contributed by atoms with Crippen LogP contribution in [0.1, 0.15) is 6.42 Å². The summed E-state index contributed by atoms with van der Waals surface area (Å²) >= 11 is 0. The van der Waals surface area contributed by atoms with Gasteiger partial charge in [0.2, 0.25) is 5.91 Å². The molecule has 0 saturated heterocycles. The number of ether oxygens (including phenoxy) is 1. The molecule has 0 aliphatic heterocycles. The third kappa shape index (κ3) is 3.22. The monoisotopic (exact) mass is 257 g/mol. The van der Waals surface area contributed by atoms with Gasteiger partial charge in [-0.2, -0.15) is 30.7 Å². The van der Waals surface area contributed by atoms with E-state index in [9.17, 15) is 35.5 Å². The Morgan fingerprint density at radius 2 is 1.38 bits per heavy atom. The minimum absolute atomic E-state index is 0.960. The molecule has 3 nitrogen and oxygen atoms in total. The second-order valence-corrected chi connectivity index (χ2v) is 2.66. The van der Waals surface area contributed by atoms with Gasteiger partial charge in [0, 0.05) is 6.42 Å². The smallest absolute Gasteiger partial charge is 0.370 e. The Kier molecular flexibility index (Phi) is 4.14. The van der Waals surface area contributed by atoms with Crippen LogP contribution in [0.2, 0.25) is 0 Å². The molecule has 0 radical (unpaired) electrons. The molecule has 0 unspecified atom stereocenters. The number of rotatable bonds is 4. The van der Waals surface area contributed by atoms with Gasteiger partial charge in [-0.05, 0) is 0 Å². The van der Waals surface area contributed by atoms with Gasteiger partial charge in [0.15, 0.2) is 0 Å². The number of primary amides is 1. The zero-order valence-corrected chi connectivity index (χ0v) is 7.45. The van der Waals surface area contributed by atoms with Crippen molar-refractivity contribution in [3.63, 3.8) is 0 Å². The standard InChI is InChI=1S/C6H6F7NO2/c7-4(5(8,9)10,6(11,12)13)16-2-1-3(14)15/h1-2H2,(H2,14,15). The normalized spacial score (nSPS) is 13.9. The summed E-state index contributed by atoms with van der Waals surface area (Å²) < 4.78 is 86.4. The van der Waals surface area contributed by atoms with E-state index in [-0.39, 0.29) is 0 Å². The van der Waals surface area contributed by atoms with Crippen LogP contribution in [0.4, 0.5) is 30.7 Å². The average Bonchev–Trinajstić information content (AvgIpc) is 1.98. The number of carbonyl (C=O) groups excluding carboxylic acids is 1. The number of hydrogen-bond donors (Lipinski definition) is 1. The van der Waals surface area contributed by atoms with Gasteiger partial charge in [-0.1, -0.05) is 0 Å². The van der Waals surface area contributed by atoms with Crippen molar-refractivity contribution in [3.8, 4) is 0 Å². The summed E-state index contributed by atoms with van der Waals surface area (Å²) in [6, 6.07) is 0. The van der Waals surface area contributed by atoms with Crippen LogP contribution in [0, 0.1) is 0 Å². The van der Waals surface area contributed by atoms with E-state index >= 15 is 0 Å². The molecule has 0 rings (SSSR count). The van der Waals surface area contributed by atoms with Gasteiger partial charge in [0.05, 0.1) is 6.61 Å². The minimum Gasteiger partial charge on any atom is -0.370 e. The molecule has 0 aliphatic carbocycles. The van der Waals surface area contributed by atoms with Crippen molar-refractivity contribution >= 4 is 5.91 Å². The molecular formula is C6H6F7NO2. The van der Waals surface area contributed by atoms with Gasteiger partial charge in [0.25, 0.3) is 0 Å². The van der Waals surface area contributed by atoms with Crippen molar-refractivity contribution in [2.24, 2.45) is 5.73 Å². The predicted octanol–water partition coefficient (Wildman–Crippen LogP) is 1.67. The second-order valence-electron chi connectivity index (χ2n) is 2.66. The quantitative estimate of drug-likeness (QED) is 0.779. The highest BCUT2D eigenvalue weighted by Gasteiger charge is 2.74. The SMILES string of the molecule is NC(=O)CCOC(F)(C(F)(F)F)C(F)(F)F. The maximum absolute atomic E-state index is 12.6. The van der Waals surface area contributed by atoms with Crippen molar-refractivity contribution in [1.82, 2.24) is 0 Å². The van der Waals surface area contributed by atoms with Crippen molar-refractivity contribution in [2.75, 3.05) is 6.61 Å². The highest BCUT2D eigenvalue weighted by molar-refractivity contribution is 5.73. The molecule has 0 aliphatic rings. The molecule has 0 fully saturated rings. The van der Waals surface area contributed by atoms with E-state index in [0.29, 0.717) is 0 Å². The first-order valence-electron chi connectivity index (χ1n) is 3.66. The summed E-state index contributed by atoms with van der Waals surface area (Å²) in [5, 5.41) is 0. The van der Waals surface area contributed by atoms with Crippen LogP contribution >= 0.6 is 0 Å². The number of carbonyl (C=O) groups is 1. The Morgan fingerprint density at radius 3 is 1.62 bits per heavy atom. The summed E-state index contributed by atoms with van der Waals surface area (Å²) in [7, 11) is 0. The van der Waals surface area contributed by atoms with Gasteiger partial charge in [0.1, 0.15) is 0 Å². The predicted molar refractivity (Wildman–Crippen MR) is 35.7 cm³/mol. The van der Waals surface area contributed by atoms with Crippen molar-refractivity contribution in [2.45, 2.75) is 24.6 Å². The van der Waals surface area contributed by atoms with Crippen LogP contribution in [-0.4, -0.2) is 30.7 Å². The third-order valence-electron chi connectivity index (χ3n) is 1.38. The Bertz CT molecular complexity index is 245. The van der Waals surface area contributed by atoms with E-state index in [1.54, 1.807) is 0 Å². The molecule has 0 bridgehead atoms. The molecular weight excluding hydrogens is 251 g/mol. The summed E-state index contributed by atoms with van der Waals surface area (Å²) in [6.07, 6.45) is -13.5. The molecule has 96 valence electrons. The van der Waals surface area contributed by atoms with Crippen LogP contribution in [0.5, 0.6) is 0 Å². The Hall–Kier alpha value is -1.06. The zero-order chi connectivity index (χ0) is 13.2. The fourth-order valence-corrected chi connectivity index (χ4v) is 0.617. The molecule has 10 heteroatoms. The minimum atomic E-state index is -6.29. The highest BCUT2D eigenvalue weighted by atomic mass is 19.4. The molecule has 0 saturated carbocycles. The Balaban J connectivity index is 4.78. The topological polar surface area (TPSA) is 52.3 Å². The van der Waals surface area contributed by atoms with Crippen LogP contribution in [0.3, 0.4) is 0 Å². The molecule has 0 aromatic carbocycles. The molecule has 2 N–H and O–H groups in total. The van der Waals surface area contributed by atoms with Crippen molar-refractivity contribution < 1.29 is 40.3 Å². The largest absolute Gasteiger partial charge is 0.458 e. The fourth-order valence-electron chi connectivity index (χ4n) is 0.617. The number of alkyl halides is 7. The van der Waals surface area contributed by atoms with Gasteiger partial charge in [-0.15, -0.1) is 0 Å². The van der Waals surface area contributed by atoms with Gasteiger partial charge in [-0.3, -0.25) is 4.79 Å². The van der Waals surface area contributed by atoms with E-state index in [1.165, 1.54) is 0 Å². The Labute approximate surface area is 84.3 Å². The lowest BCUT2D eigenvalue weighted by Crippen LogP contribution is -2.55. The summed E-state index contributed by atoms with van der Waals surface area (Å²) in [5.74, 6) is -7.01. The van der Waals surface area contributed by atoms with Gasteiger partial charge < -0.3 is 10.5 Å². The van der Waals surface area contributed by atoms with Gasteiger partial charge >= 0.3 is 18.2 Å². The van der Waals surface area contributed by atoms with Crippen molar-refractivity contribution in [1.29, 1.82) is 0 Å². The van der Waals surface area contributed by atoms with Crippen LogP contribution < -0.4 is 5.73 Å². The first-order chi connectivity index (χ1) is 6.92. The lowest BCUT2D eigenvalue weighted by Gasteiger charge is -2.29. The molecule has 0 heterocycles. The van der Waals surface area contributed by atoms with Crippen LogP contribution in [0.25, 0.3) is 0 Å². The lowest BCUT2D eigenvalue weighted by atomic mass is 10.3. The van der Waals surface area contributed by atoms with E-state index in [2.05, 4.69) is 10.5 Å². The van der Waals surface area contributed by atoms with Gasteiger partial charge in [-0.25, -0.2) is 0 Å². The molecule has 0 aromatic rings.